The molecule has 1 atom stereocenters. The molecule has 1 aliphatic rings. The van der Waals surface area contributed by atoms with Gasteiger partial charge in [-0.2, -0.15) is 0 Å². The third kappa shape index (κ3) is 4.82. The van der Waals surface area contributed by atoms with Crippen LogP contribution in [0.3, 0.4) is 0 Å². The molecule has 0 bridgehead atoms. The second-order valence-electron chi connectivity index (χ2n) is 5.79. The van der Waals surface area contributed by atoms with Crippen LogP contribution in [0.4, 0.5) is 0 Å². The smallest absolute Gasteiger partial charge is 0.331 e. The van der Waals surface area contributed by atoms with Gasteiger partial charge in [0.15, 0.2) is 11.3 Å². The Morgan fingerprint density at radius 3 is 2.92 bits per heavy atom. The number of carbonyl (C=O) groups is 2. The summed E-state index contributed by atoms with van der Waals surface area (Å²) in [5.74, 6) is -0.372. The van der Waals surface area contributed by atoms with E-state index in [-0.39, 0.29) is 18.6 Å². The van der Waals surface area contributed by atoms with Gasteiger partial charge in [-0.15, -0.1) is 0 Å². The van der Waals surface area contributed by atoms with Gasteiger partial charge in [0.25, 0.3) is 5.91 Å². The van der Waals surface area contributed by atoms with Crippen LogP contribution in [0.15, 0.2) is 51.6 Å². The Balaban J connectivity index is 1.48. The Bertz CT molecular complexity index is 796. The van der Waals surface area contributed by atoms with E-state index in [1.54, 1.807) is 12.1 Å². The zero-order valence-electron chi connectivity index (χ0n) is 13.5. The third-order valence-electron chi connectivity index (χ3n) is 4.03. The molecule has 3 rings (SSSR count). The number of hydrogen-bond donors (Lipinski definition) is 1. The molecular weight excluding hydrogens is 386 g/mol. The molecule has 130 valence electrons. The average molecular weight is 404 g/mol. The molecule has 1 N–H and O–H groups in total. The van der Waals surface area contributed by atoms with Crippen molar-refractivity contribution in [2.24, 2.45) is 0 Å². The first-order valence-corrected chi connectivity index (χ1v) is 8.88. The molecule has 5 nitrogen and oxygen atoms in total. The first kappa shape index (κ1) is 17.5. The summed E-state index contributed by atoms with van der Waals surface area (Å²) in [6, 6.07) is 11.5. The summed E-state index contributed by atoms with van der Waals surface area (Å²) in [6.07, 6.45) is 5.68. The van der Waals surface area contributed by atoms with Crippen molar-refractivity contribution in [1.29, 1.82) is 0 Å². The van der Waals surface area contributed by atoms with Crippen LogP contribution >= 0.6 is 15.9 Å². The lowest BCUT2D eigenvalue weighted by molar-refractivity contribution is -0.144. The molecule has 6 heteroatoms. The van der Waals surface area contributed by atoms with Crippen LogP contribution in [-0.2, 0) is 20.7 Å². The van der Waals surface area contributed by atoms with E-state index in [2.05, 4.69) is 27.3 Å². The minimum Gasteiger partial charge on any atom is -0.452 e. The van der Waals surface area contributed by atoms with E-state index in [4.69, 9.17) is 9.15 Å². The van der Waals surface area contributed by atoms with Crippen molar-refractivity contribution >= 4 is 33.9 Å². The maximum atomic E-state index is 12.1. The standard InChI is InChI=1S/C19H18BrNO4/c20-17-10-8-14(25-17)9-11-19(23)24-12-18(22)21-16-7-3-5-13-4-1-2-6-15(13)16/h1-2,4,6,8-11,16H,3,5,7,12H2,(H,21,22)/b11-9+/t16-/m0/s1. The predicted molar refractivity (Wildman–Crippen MR) is 96.7 cm³/mol. The van der Waals surface area contributed by atoms with Crippen molar-refractivity contribution in [3.8, 4) is 0 Å². The topological polar surface area (TPSA) is 68.5 Å². The highest BCUT2D eigenvalue weighted by atomic mass is 79.9. The molecule has 0 fully saturated rings. The highest BCUT2D eigenvalue weighted by molar-refractivity contribution is 9.10. The number of fused-ring (bicyclic) bond motifs is 1. The molecule has 0 aliphatic heterocycles. The first-order chi connectivity index (χ1) is 12.1. The Labute approximate surface area is 154 Å². The summed E-state index contributed by atoms with van der Waals surface area (Å²) in [5.41, 5.74) is 2.42. The second-order valence-corrected chi connectivity index (χ2v) is 6.58. The number of benzene rings is 1. The molecule has 0 unspecified atom stereocenters. The van der Waals surface area contributed by atoms with Crippen molar-refractivity contribution in [2.75, 3.05) is 6.61 Å². The largest absolute Gasteiger partial charge is 0.452 e. The molecule has 25 heavy (non-hydrogen) atoms. The monoisotopic (exact) mass is 403 g/mol. The summed E-state index contributed by atoms with van der Waals surface area (Å²) < 4.78 is 10.8. The number of rotatable bonds is 5. The maximum Gasteiger partial charge on any atom is 0.331 e. The molecule has 1 amide bonds. The van der Waals surface area contributed by atoms with E-state index in [1.165, 1.54) is 17.7 Å². The van der Waals surface area contributed by atoms with E-state index in [0.717, 1.165) is 24.8 Å². The number of aryl methyl sites for hydroxylation is 1. The van der Waals surface area contributed by atoms with E-state index in [9.17, 15) is 9.59 Å². The normalized spacial score (nSPS) is 16.4. The molecule has 0 saturated carbocycles. The number of amides is 1. The first-order valence-electron chi connectivity index (χ1n) is 8.09. The number of nitrogens with one attached hydrogen (secondary N) is 1. The van der Waals surface area contributed by atoms with Gasteiger partial charge in [-0.1, -0.05) is 24.3 Å². The van der Waals surface area contributed by atoms with E-state index in [0.29, 0.717) is 10.4 Å². The Morgan fingerprint density at radius 1 is 1.28 bits per heavy atom. The lowest BCUT2D eigenvalue weighted by atomic mass is 9.88. The van der Waals surface area contributed by atoms with Crippen LogP contribution < -0.4 is 5.32 Å². The van der Waals surface area contributed by atoms with Gasteiger partial charge in [-0.3, -0.25) is 4.79 Å². The number of halogens is 1. The van der Waals surface area contributed by atoms with Crippen molar-refractivity contribution < 1.29 is 18.7 Å². The van der Waals surface area contributed by atoms with Gasteiger partial charge in [-0.05, 0) is 64.5 Å². The van der Waals surface area contributed by atoms with Gasteiger partial charge in [0.05, 0.1) is 6.04 Å². The quantitative estimate of drug-likeness (QED) is 0.608. The molecule has 0 radical (unpaired) electrons. The summed E-state index contributed by atoms with van der Waals surface area (Å²) >= 11 is 3.18. The lowest BCUT2D eigenvalue weighted by Crippen LogP contribution is -2.34. The molecule has 1 heterocycles. The lowest BCUT2D eigenvalue weighted by Gasteiger charge is -2.26. The van der Waals surface area contributed by atoms with E-state index >= 15 is 0 Å². The SMILES string of the molecule is O=C(COC(=O)/C=C/c1ccc(Br)o1)N[C@H]1CCCc2ccccc21. The fourth-order valence-electron chi connectivity index (χ4n) is 2.89. The highest BCUT2D eigenvalue weighted by Crippen LogP contribution is 2.29. The molecule has 0 saturated heterocycles. The Kier molecular flexibility index (Phi) is 5.71. The van der Waals surface area contributed by atoms with Crippen LogP contribution in [-0.4, -0.2) is 18.5 Å². The highest BCUT2D eigenvalue weighted by Gasteiger charge is 2.21. The summed E-state index contributed by atoms with van der Waals surface area (Å²) in [5, 5.41) is 2.94. The molecule has 1 aliphatic carbocycles. The van der Waals surface area contributed by atoms with E-state index in [1.807, 2.05) is 18.2 Å². The maximum absolute atomic E-state index is 12.1. The van der Waals surface area contributed by atoms with Crippen LogP contribution in [0.5, 0.6) is 0 Å². The fourth-order valence-corrected chi connectivity index (χ4v) is 3.21. The van der Waals surface area contributed by atoms with Crippen molar-refractivity contribution in [1.82, 2.24) is 5.32 Å². The number of ether oxygens (including phenoxy) is 1. The molecule has 1 aromatic carbocycles. The Hall–Kier alpha value is -2.34. The minimum atomic E-state index is -0.591. The molecule has 0 spiro atoms. The van der Waals surface area contributed by atoms with Crippen molar-refractivity contribution in [3.05, 3.63) is 64.0 Å². The number of carbonyl (C=O) groups excluding carboxylic acids is 2. The minimum absolute atomic E-state index is 0.0211. The zero-order chi connectivity index (χ0) is 17.6. The van der Waals surface area contributed by atoms with Gasteiger partial charge in [0.1, 0.15) is 5.76 Å². The molecule has 1 aromatic heterocycles. The third-order valence-corrected chi connectivity index (χ3v) is 4.45. The predicted octanol–water partition coefficient (Wildman–Crippen LogP) is 3.79. The van der Waals surface area contributed by atoms with Crippen LogP contribution in [0, 0.1) is 0 Å². The summed E-state index contributed by atoms with van der Waals surface area (Å²) in [6.45, 7) is -0.302. The average Bonchev–Trinajstić information content (AvgIpc) is 3.04. The summed E-state index contributed by atoms with van der Waals surface area (Å²) in [7, 11) is 0. The number of esters is 1. The molecular formula is C19H18BrNO4. The van der Waals surface area contributed by atoms with Gasteiger partial charge in [0.2, 0.25) is 0 Å². The van der Waals surface area contributed by atoms with Gasteiger partial charge in [0, 0.05) is 6.08 Å². The zero-order valence-corrected chi connectivity index (χ0v) is 15.1. The van der Waals surface area contributed by atoms with Crippen molar-refractivity contribution in [3.63, 3.8) is 0 Å². The fraction of sp³-hybridized carbons (Fsp3) is 0.263. The van der Waals surface area contributed by atoms with Gasteiger partial charge in [-0.25, -0.2) is 4.79 Å². The summed E-state index contributed by atoms with van der Waals surface area (Å²) in [4.78, 5) is 23.7. The van der Waals surface area contributed by atoms with Gasteiger partial charge >= 0.3 is 5.97 Å². The second kappa shape index (κ2) is 8.16. The van der Waals surface area contributed by atoms with Crippen LogP contribution in [0.2, 0.25) is 0 Å². The van der Waals surface area contributed by atoms with Crippen LogP contribution in [0.1, 0.15) is 35.8 Å². The molecule has 2 aromatic rings. The van der Waals surface area contributed by atoms with Crippen LogP contribution in [0.25, 0.3) is 6.08 Å². The Morgan fingerprint density at radius 2 is 2.12 bits per heavy atom. The number of hydrogen-bond acceptors (Lipinski definition) is 4. The van der Waals surface area contributed by atoms with E-state index < -0.39 is 5.97 Å². The number of furan rings is 1. The van der Waals surface area contributed by atoms with Gasteiger partial charge < -0.3 is 14.5 Å². The van der Waals surface area contributed by atoms with Crippen molar-refractivity contribution in [2.45, 2.75) is 25.3 Å².